The van der Waals surface area contributed by atoms with Crippen LogP contribution in [0.5, 0.6) is 0 Å². The molecule has 1 heterocycles. The second-order valence-corrected chi connectivity index (χ2v) is 5.05. The zero-order valence-corrected chi connectivity index (χ0v) is 8.34. The Kier molecular flexibility index (Phi) is 2.07. The molecule has 2 rings (SSSR count). The molecule has 1 radical (unpaired) electrons. The molecule has 2 aromatic rings. The van der Waals surface area contributed by atoms with Gasteiger partial charge >= 0.3 is 0 Å². The molecule has 3 nitrogen and oxygen atoms in total. The Morgan fingerprint density at radius 1 is 1.29 bits per heavy atom. The van der Waals surface area contributed by atoms with Crippen molar-refractivity contribution in [3.63, 3.8) is 0 Å². The number of aromatic nitrogens is 1. The van der Waals surface area contributed by atoms with Gasteiger partial charge in [0.25, 0.3) is 0 Å². The van der Waals surface area contributed by atoms with Crippen molar-refractivity contribution in [2.45, 2.75) is 5.75 Å². The lowest BCUT2D eigenvalue weighted by Gasteiger charge is -1.92. The fourth-order valence-corrected chi connectivity index (χ4v) is 2.08. The fourth-order valence-electron chi connectivity index (χ4n) is 1.45. The van der Waals surface area contributed by atoms with Gasteiger partial charge in [-0.15, -0.1) is 0 Å². The van der Waals surface area contributed by atoms with E-state index in [-0.39, 0.29) is 5.75 Å². The third-order valence-corrected chi connectivity index (χ3v) is 2.71. The van der Waals surface area contributed by atoms with Crippen molar-refractivity contribution in [3.05, 3.63) is 42.3 Å². The Morgan fingerprint density at radius 2 is 2.00 bits per heavy atom. The second kappa shape index (κ2) is 3.13. The summed E-state index contributed by atoms with van der Waals surface area (Å²) in [5.41, 5.74) is 1.63. The summed E-state index contributed by atoms with van der Waals surface area (Å²) in [5.74, 6) is -0.0400. The third-order valence-electron chi connectivity index (χ3n) is 1.96. The second-order valence-electron chi connectivity index (χ2n) is 3.27. The van der Waals surface area contributed by atoms with Crippen molar-refractivity contribution in [1.29, 1.82) is 0 Å². The van der Waals surface area contributed by atoms with Crippen molar-refractivity contribution in [2.24, 2.45) is 0 Å². The van der Waals surface area contributed by atoms with Crippen molar-refractivity contribution in [1.82, 2.24) is 4.98 Å². The van der Waals surface area contributed by atoms with Gasteiger partial charge in [-0.1, -0.05) is 18.2 Å². The topological polar surface area (TPSA) is 49.9 Å². The van der Waals surface area contributed by atoms with Crippen LogP contribution in [0.4, 0.5) is 0 Å². The molecule has 0 bridgehead atoms. The highest BCUT2D eigenvalue weighted by Crippen LogP contribution is 2.16. The predicted octanol–water partition coefficient (Wildman–Crippen LogP) is 1.87. The summed E-state index contributed by atoms with van der Waals surface area (Å²) in [7, 11) is -3.21. The van der Waals surface area contributed by atoms with Crippen LogP contribution in [-0.2, 0) is 15.6 Å². The zero-order valence-electron chi connectivity index (χ0n) is 7.53. The molecule has 1 aromatic carbocycles. The van der Waals surface area contributed by atoms with E-state index in [4.69, 9.17) is 0 Å². The molecule has 14 heavy (non-hydrogen) atoms. The number of aromatic amines is 1. The van der Waals surface area contributed by atoms with Crippen LogP contribution in [-0.4, -0.2) is 13.4 Å². The summed E-state index contributed by atoms with van der Waals surface area (Å²) in [5, 5.41) is 1.02. The van der Waals surface area contributed by atoms with Gasteiger partial charge in [0, 0.05) is 11.2 Å². The first kappa shape index (κ1) is 9.27. The molecule has 0 spiro atoms. The molecule has 73 valence electrons. The van der Waals surface area contributed by atoms with Crippen LogP contribution in [0.2, 0.25) is 0 Å². The molecule has 0 aliphatic carbocycles. The average molecular weight is 208 g/mol. The number of hydrogen-bond acceptors (Lipinski definition) is 2. The summed E-state index contributed by atoms with van der Waals surface area (Å²) in [6, 6.07) is 9.50. The largest absolute Gasteiger partial charge is 0.358 e. The Bertz CT molecular complexity index is 521. The summed E-state index contributed by atoms with van der Waals surface area (Å²) < 4.78 is 21.9. The van der Waals surface area contributed by atoms with Crippen LogP contribution >= 0.6 is 0 Å². The lowest BCUT2D eigenvalue weighted by atomic mass is 10.2. The molecule has 0 aliphatic rings. The van der Waals surface area contributed by atoms with E-state index in [1.165, 1.54) is 0 Å². The van der Waals surface area contributed by atoms with E-state index < -0.39 is 9.84 Å². The van der Waals surface area contributed by atoms with E-state index in [9.17, 15) is 8.42 Å². The number of hydrogen-bond donors (Lipinski definition) is 1. The first-order valence-corrected chi connectivity index (χ1v) is 5.99. The SMILES string of the molecule is [CH2]S(=O)(=O)Cc1cc2ccccc2[nH]1. The molecule has 0 unspecified atom stereocenters. The highest BCUT2D eigenvalue weighted by molar-refractivity contribution is 7.91. The normalized spacial score (nSPS) is 12.1. The number of nitrogens with one attached hydrogen (secondary N) is 1. The van der Waals surface area contributed by atoms with E-state index in [2.05, 4.69) is 11.2 Å². The maximum atomic E-state index is 10.9. The first-order chi connectivity index (χ1) is 6.54. The zero-order chi connectivity index (χ0) is 10.2. The van der Waals surface area contributed by atoms with Crippen LogP contribution in [0, 0.1) is 6.26 Å². The number of fused-ring (bicyclic) bond motifs is 1. The molecule has 0 aliphatic heterocycles. The summed E-state index contributed by atoms with van der Waals surface area (Å²) in [6.07, 6.45) is 3.09. The standard InChI is InChI=1S/C10H10NO2S/c1-14(12,13)7-9-6-8-4-2-3-5-10(8)11-9/h2-6,11H,1,7H2. The number of benzene rings is 1. The predicted molar refractivity (Wildman–Crippen MR) is 56.3 cm³/mol. The van der Waals surface area contributed by atoms with E-state index >= 15 is 0 Å². The quantitative estimate of drug-likeness (QED) is 0.819. The maximum Gasteiger partial charge on any atom is 0.156 e. The molecule has 0 atom stereocenters. The molecular formula is C10H10NO2S. The maximum absolute atomic E-state index is 10.9. The Hall–Kier alpha value is -1.29. The molecule has 0 fully saturated rings. The average Bonchev–Trinajstić information content (AvgIpc) is 2.42. The van der Waals surface area contributed by atoms with Gasteiger partial charge in [-0.25, -0.2) is 8.42 Å². The molecule has 0 saturated carbocycles. The monoisotopic (exact) mass is 208 g/mol. The molecule has 1 aromatic heterocycles. The summed E-state index contributed by atoms with van der Waals surface area (Å²) in [4.78, 5) is 3.03. The highest BCUT2D eigenvalue weighted by atomic mass is 32.2. The van der Waals surface area contributed by atoms with Gasteiger partial charge < -0.3 is 4.98 Å². The molecule has 1 N–H and O–H groups in total. The van der Waals surface area contributed by atoms with E-state index in [1.54, 1.807) is 0 Å². The van der Waals surface area contributed by atoms with Crippen LogP contribution < -0.4 is 0 Å². The van der Waals surface area contributed by atoms with E-state index in [0.717, 1.165) is 10.9 Å². The minimum Gasteiger partial charge on any atom is -0.358 e. The smallest absolute Gasteiger partial charge is 0.156 e. The van der Waals surface area contributed by atoms with Crippen molar-refractivity contribution in [2.75, 3.05) is 0 Å². The van der Waals surface area contributed by atoms with E-state index in [0.29, 0.717) is 5.69 Å². The summed E-state index contributed by atoms with van der Waals surface area (Å²) in [6.45, 7) is 0. The molecular weight excluding hydrogens is 198 g/mol. The van der Waals surface area contributed by atoms with Gasteiger partial charge in [-0.2, -0.15) is 0 Å². The van der Waals surface area contributed by atoms with Crippen LogP contribution in [0.15, 0.2) is 30.3 Å². The lowest BCUT2D eigenvalue weighted by molar-refractivity contribution is 0.603. The highest BCUT2D eigenvalue weighted by Gasteiger charge is 2.07. The molecule has 4 heteroatoms. The van der Waals surface area contributed by atoms with Gasteiger partial charge in [0.1, 0.15) is 0 Å². The van der Waals surface area contributed by atoms with Crippen molar-refractivity contribution < 1.29 is 8.42 Å². The minimum atomic E-state index is -3.21. The van der Waals surface area contributed by atoms with Crippen LogP contribution in [0.1, 0.15) is 5.69 Å². The van der Waals surface area contributed by atoms with E-state index in [1.807, 2.05) is 30.3 Å². The van der Waals surface area contributed by atoms with Gasteiger partial charge in [-0.05, 0) is 17.5 Å². The number of sulfone groups is 1. The minimum absolute atomic E-state index is 0.0400. The van der Waals surface area contributed by atoms with Gasteiger partial charge in [0.2, 0.25) is 0 Å². The van der Waals surface area contributed by atoms with Crippen LogP contribution in [0.3, 0.4) is 0 Å². The summed E-state index contributed by atoms with van der Waals surface area (Å²) >= 11 is 0. The Morgan fingerprint density at radius 3 is 2.64 bits per heavy atom. The van der Waals surface area contributed by atoms with Gasteiger partial charge in [-0.3, -0.25) is 0 Å². The Balaban J connectivity index is 2.46. The first-order valence-electron chi connectivity index (χ1n) is 4.17. The lowest BCUT2D eigenvalue weighted by Crippen LogP contribution is -1.97. The molecule has 0 saturated heterocycles. The van der Waals surface area contributed by atoms with Gasteiger partial charge in [0.15, 0.2) is 9.84 Å². The van der Waals surface area contributed by atoms with Crippen molar-refractivity contribution >= 4 is 20.7 Å². The molecule has 0 amide bonds. The number of rotatable bonds is 2. The van der Waals surface area contributed by atoms with Crippen molar-refractivity contribution in [3.8, 4) is 0 Å². The number of H-pyrrole nitrogens is 1. The van der Waals surface area contributed by atoms with Crippen LogP contribution in [0.25, 0.3) is 10.9 Å². The number of para-hydroxylation sites is 1. The van der Waals surface area contributed by atoms with Gasteiger partial charge in [0.05, 0.1) is 12.0 Å². The third kappa shape index (κ3) is 1.96. The Labute approximate surface area is 82.7 Å². The fraction of sp³-hybridized carbons (Fsp3) is 0.100.